The molecule has 0 spiro atoms. The fourth-order valence-electron chi connectivity index (χ4n) is 1.49. The van der Waals surface area contributed by atoms with E-state index >= 15 is 0 Å². The Morgan fingerprint density at radius 2 is 2.24 bits per heavy atom. The van der Waals surface area contributed by atoms with Crippen molar-refractivity contribution in [2.45, 2.75) is 13.3 Å². The molecule has 0 atom stereocenters. The van der Waals surface area contributed by atoms with E-state index in [9.17, 15) is 9.59 Å². The standard InChI is InChI=1S/C12H14O5/c1-2-16-12(15)11-9(6-7-13)4-3-5-10(11)17-8-14/h3-5,8,13H,2,6-7H2,1H3. The zero-order valence-corrected chi connectivity index (χ0v) is 9.51. The number of hydrogen-bond acceptors (Lipinski definition) is 5. The van der Waals surface area contributed by atoms with E-state index in [1.807, 2.05) is 0 Å². The van der Waals surface area contributed by atoms with Crippen molar-refractivity contribution in [3.05, 3.63) is 29.3 Å². The number of hydrogen-bond donors (Lipinski definition) is 1. The van der Waals surface area contributed by atoms with Crippen LogP contribution >= 0.6 is 0 Å². The fourth-order valence-corrected chi connectivity index (χ4v) is 1.49. The van der Waals surface area contributed by atoms with Crippen LogP contribution in [0.4, 0.5) is 0 Å². The van der Waals surface area contributed by atoms with Crippen LogP contribution in [0.1, 0.15) is 22.8 Å². The van der Waals surface area contributed by atoms with Gasteiger partial charge in [-0.15, -0.1) is 0 Å². The van der Waals surface area contributed by atoms with E-state index in [0.29, 0.717) is 12.0 Å². The van der Waals surface area contributed by atoms with Crippen molar-refractivity contribution < 1.29 is 24.2 Å². The molecule has 0 amide bonds. The lowest BCUT2D eigenvalue weighted by Gasteiger charge is -2.11. The molecule has 0 saturated carbocycles. The highest BCUT2D eigenvalue weighted by molar-refractivity contribution is 5.94. The molecular weight excluding hydrogens is 224 g/mol. The molecule has 1 rings (SSSR count). The number of ether oxygens (including phenoxy) is 2. The Morgan fingerprint density at radius 3 is 2.82 bits per heavy atom. The van der Waals surface area contributed by atoms with Crippen LogP contribution in [0.25, 0.3) is 0 Å². The van der Waals surface area contributed by atoms with Gasteiger partial charge in [0.25, 0.3) is 6.47 Å². The Balaban J connectivity index is 3.17. The molecule has 0 radical (unpaired) electrons. The van der Waals surface area contributed by atoms with Crippen LogP contribution in [0.2, 0.25) is 0 Å². The van der Waals surface area contributed by atoms with E-state index in [0.717, 1.165) is 0 Å². The molecule has 1 N–H and O–H groups in total. The van der Waals surface area contributed by atoms with E-state index in [1.165, 1.54) is 6.07 Å². The lowest BCUT2D eigenvalue weighted by molar-refractivity contribution is -0.120. The summed E-state index contributed by atoms with van der Waals surface area (Å²) >= 11 is 0. The molecule has 0 aliphatic carbocycles. The topological polar surface area (TPSA) is 72.8 Å². The number of carbonyl (C=O) groups is 2. The van der Waals surface area contributed by atoms with Crippen molar-refractivity contribution in [2.75, 3.05) is 13.2 Å². The molecule has 0 fully saturated rings. The maximum Gasteiger partial charge on any atom is 0.342 e. The van der Waals surface area contributed by atoms with Gasteiger partial charge in [-0.05, 0) is 25.0 Å². The SMILES string of the molecule is CCOC(=O)c1c(CCO)cccc1OC=O. The summed E-state index contributed by atoms with van der Waals surface area (Å²) in [6.07, 6.45) is 0.296. The van der Waals surface area contributed by atoms with Crippen molar-refractivity contribution in [3.63, 3.8) is 0 Å². The number of rotatable bonds is 6. The third-order valence-electron chi connectivity index (χ3n) is 2.15. The first-order valence-electron chi connectivity index (χ1n) is 5.24. The van der Waals surface area contributed by atoms with Gasteiger partial charge in [-0.25, -0.2) is 4.79 Å². The lowest BCUT2D eigenvalue weighted by Crippen LogP contribution is -2.11. The first-order valence-corrected chi connectivity index (χ1v) is 5.24. The highest BCUT2D eigenvalue weighted by Gasteiger charge is 2.18. The molecule has 0 aliphatic rings. The van der Waals surface area contributed by atoms with Crippen LogP contribution in [-0.4, -0.2) is 30.8 Å². The molecule has 92 valence electrons. The second kappa shape index (κ2) is 6.65. The third kappa shape index (κ3) is 3.29. The molecule has 1 aromatic carbocycles. The van der Waals surface area contributed by atoms with Gasteiger partial charge in [-0.1, -0.05) is 12.1 Å². The molecule has 0 unspecified atom stereocenters. The summed E-state index contributed by atoms with van der Waals surface area (Å²) in [6, 6.07) is 4.83. The van der Waals surface area contributed by atoms with E-state index in [2.05, 4.69) is 0 Å². The van der Waals surface area contributed by atoms with Gasteiger partial charge >= 0.3 is 5.97 Å². The largest absolute Gasteiger partial charge is 0.462 e. The Bertz CT molecular complexity index is 400. The van der Waals surface area contributed by atoms with Crippen LogP contribution < -0.4 is 4.74 Å². The molecule has 0 heterocycles. The van der Waals surface area contributed by atoms with Gasteiger partial charge in [0.05, 0.1) is 6.61 Å². The van der Waals surface area contributed by atoms with Crippen molar-refractivity contribution in [2.24, 2.45) is 0 Å². The monoisotopic (exact) mass is 238 g/mol. The molecular formula is C12H14O5. The van der Waals surface area contributed by atoms with Gasteiger partial charge in [0.1, 0.15) is 11.3 Å². The summed E-state index contributed by atoms with van der Waals surface area (Å²) < 4.78 is 9.61. The number of esters is 1. The van der Waals surface area contributed by atoms with Crippen molar-refractivity contribution in [1.29, 1.82) is 0 Å². The normalized spacial score (nSPS) is 9.76. The van der Waals surface area contributed by atoms with Crippen LogP contribution in [0.5, 0.6) is 5.75 Å². The maximum absolute atomic E-state index is 11.7. The van der Waals surface area contributed by atoms with E-state index in [-0.39, 0.29) is 31.0 Å². The number of aliphatic hydroxyl groups excluding tert-OH is 1. The summed E-state index contributed by atoms with van der Waals surface area (Å²) in [5.41, 5.74) is 0.779. The summed E-state index contributed by atoms with van der Waals surface area (Å²) in [4.78, 5) is 22.1. The zero-order chi connectivity index (χ0) is 12.7. The third-order valence-corrected chi connectivity index (χ3v) is 2.15. The quantitative estimate of drug-likeness (QED) is 0.589. The Kier molecular flexibility index (Phi) is 5.16. The predicted molar refractivity (Wildman–Crippen MR) is 59.9 cm³/mol. The second-order valence-corrected chi connectivity index (χ2v) is 3.20. The minimum Gasteiger partial charge on any atom is -0.462 e. The molecule has 0 aromatic heterocycles. The second-order valence-electron chi connectivity index (χ2n) is 3.20. The predicted octanol–water partition coefficient (Wildman–Crippen LogP) is 0.933. The number of carbonyl (C=O) groups excluding carboxylic acids is 2. The fraction of sp³-hybridized carbons (Fsp3) is 0.333. The van der Waals surface area contributed by atoms with Crippen molar-refractivity contribution in [3.8, 4) is 5.75 Å². The summed E-state index contributed by atoms with van der Waals surface area (Å²) in [6.45, 7) is 2.07. The Morgan fingerprint density at radius 1 is 1.47 bits per heavy atom. The minimum absolute atomic E-state index is 0.100. The first-order chi connectivity index (χ1) is 8.24. The summed E-state index contributed by atoms with van der Waals surface area (Å²) in [5, 5.41) is 8.91. The van der Waals surface area contributed by atoms with Gasteiger partial charge in [0.15, 0.2) is 0 Å². The van der Waals surface area contributed by atoms with E-state index in [4.69, 9.17) is 14.6 Å². The van der Waals surface area contributed by atoms with Crippen LogP contribution in [-0.2, 0) is 16.0 Å². The smallest absolute Gasteiger partial charge is 0.342 e. The van der Waals surface area contributed by atoms with Crippen LogP contribution in [0.15, 0.2) is 18.2 Å². The van der Waals surface area contributed by atoms with Crippen LogP contribution in [0.3, 0.4) is 0 Å². The Labute approximate surface area is 99.0 Å². The average molecular weight is 238 g/mol. The average Bonchev–Trinajstić information content (AvgIpc) is 2.30. The van der Waals surface area contributed by atoms with Gasteiger partial charge < -0.3 is 14.6 Å². The van der Waals surface area contributed by atoms with Gasteiger partial charge in [0.2, 0.25) is 0 Å². The summed E-state index contributed by atoms with van der Waals surface area (Å²) in [5.74, 6) is -0.419. The number of aliphatic hydroxyl groups is 1. The van der Waals surface area contributed by atoms with E-state index < -0.39 is 5.97 Å². The summed E-state index contributed by atoms with van der Waals surface area (Å²) in [7, 11) is 0. The molecule has 5 heteroatoms. The lowest BCUT2D eigenvalue weighted by atomic mass is 10.0. The van der Waals surface area contributed by atoms with Gasteiger partial charge in [-0.2, -0.15) is 0 Å². The van der Waals surface area contributed by atoms with E-state index in [1.54, 1.807) is 19.1 Å². The molecule has 17 heavy (non-hydrogen) atoms. The van der Waals surface area contributed by atoms with Gasteiger partial charge in [0, 0.05) is 6.61 Å². The molecule has 1 aromatic rings. The maximum atomic E-state index is 11.7. The highest BCUT2D eigenvalue weighted by atomic mass is 16.5. The molecule has 0 aliphatic heterocycles. The van der Waals surface area contributed by atoms with Crippen molar-refractivity contribution >= 4 is 12.4 Å². The first kappa shape index (κ1) is 13.2. The van der Waals surface area contributed by atoms with Gasteiger partial charge in [-0.3, -0.25) is 4.79 Å². The molecule has 5 nitrogen and oxygen atoms in total. The zero-order valence-electron chi connectivity index (χ0n) is 9.51. The molecule has 0 bridgehead atoms. The van der Waals surface area contributed by atoms with Crippen molar-refractivity contribution in [1.82, 2.24) is 0 Å². The minimum atomic E-state index is -0.562. The molecule has 0 saturated heterocycles. The number of benzene rings is 1. The highest BCUT2D eigenvalue weighted by Crippen LogP contribution is 2.23. The Hall–Kier alpha value is -1.88. The van der Waals surface area contributed by atoms with Crippen LogP contribution in [0, 0.1) is 0 Å².